The van der Waals surface area contributed by atoms with Gasteiger partial charge in [-0.05, 0) is 0 Å². The van der Waals surface area contributed by atoms with Crippen molar-refractivity contribution in [3.05, 3.63) is 22.5 Å². The van der Waals surface area contributed by atoms with Crippen molar-refractivity contribution < 1.29 is 23.5 Å². The second-order valence-electron chi connectivity index (χ2n) is 3.91. The van der Waals surface area contributed by atoms with Crippen LogP contribution < -0.4 is 5.32 Å². The van der Waals surface area contributed by atoms with Gasteiger partial charge in [-0.1, -0.05) is 5.21 Å². The Bertz CT molecular complexity index is 684. The van der Waals surface area contributed by atoms with Crippen molar-refractivity contribution in [2.75, 3.05) is 5.32 Å². The molecule has 2 aromatic heterocycles. The zero-order chi connectivity index (χ0) is 15.6. The molecule has 0 radical (unpaired) electrons. The lowest BCUT2D eigenvalue weighted by Crippen LogP contribution is -2.10. The number of thiazole rings is 1. The molecule has 11 heteroatoms. The van der Waals surface area contributed by atoms with Crippen LogP contribution in [0.25, 0.3) is 0 Å². The summed E-state index contributed by atoms with van der Waals surface area (Å²) >= 11 is 1.12. The molecule has 0 unspecified atom stereocenters. The second kappa shape index (κ2) is 5.91. The van der Waals surface area contributed by atoms with Crippen LogP contribution in [0.1, 0.15) is 35.2 Å². The molecule has 0 spiro atoms. The Morgan fingerprint density at radius 3 is 2.81 bits per heavy atom. The second-order valence-corrected chi connectivity index (χ2v) is 4.77. The maximum absolute atomic E-state index is 12.9. The Hall–Kier alpha value is -2.43. The summed E-state index contributed by atoms with van der Waals surface area (Å²) in [6.07, 6.45) is -3.03. The van der Waals surface area contributed by atoms with Gasteiger partial charge in [-0.15, -0.1) is 16.4 Å². The van der Waals surface area contributed by atoms with E-state index in [1.165, 1.54) is 6.92 Å². The van der Waals surface area contributed by atoms with Crippen molar-refractivity contribution in [2.45, 2.75) is 19.9 Å². The highest BCUT2D eigenvalue weighted by molar-refractivity contribution is 7.13. The first-order valence-electron chi connectivity index (χ1n) is 5.55. The normalized spacial score (nSPS) is 10.9. The van der Waals surface area contributed by atoms with Crippen molar-refractivity contribution in [2.24, 2.45) is 0 Å². The number of carboxylic acids is 1. The molecule has 2 rings (SSSR count). The summed E-state index contributed by atoms with van der Waals surface area (Å²) in [5, 5.41) is 19.7. The fourth-order valence-corrected chi connectivity index (χ4v) is 2.29. The summed E-state index contributed by atoms with van der Waals surface area (Å²) in [7, 11) is 0. The quantitative estimate of drug-likeness (QED) is 0.862. The molecular weight excluding hydrogens is 308 g/mol. The molecule has 112 valence electrons. The Morgan fingerprint density at radius 2 is 2.24 bits per heavy atom. The van der Waals surface area contributed by atoms with Gasteiger partial charge in [-0.3, -0.25) is 4.79 Å². The van der Waals surface area contributed by atoms with E-state index in [1.54, 1.807) is 5.38 Å². The molecule has 0 saturated heterocycles. The lowest BCUT2D eigenvalue weighted by Gasteiger charge is -2.04. The van der Waals surface area contributed by atoms with Crippen molar-refractivity contribution >= 4 is 28.3 Å². The van der Waals surface area contributed by atoms with Gasteiger partial charge in [0.25, 0.3) is 6.43 Å². The van der Waals surface area contributed by atoms with E-state index >= 15 is 0 Å². The van der Waals surface area contributed by atoms with Gasteiger partial charge >= 0.3 is 5.97 Å². The summed E-state index contributed by atoms with van der Waals surface area (Å²) < 4.78 is 26.6. The summed E-state index contributed by atoms with van der Waals surface area (Å²) in [5.41, 5.74) is -1.22. The fraction of sp³-hybridized carbons (Fsp3) is 0.300. The fourth-order valence-electron chi connectivity index (χ4n) is 1.55. The van der Waals surface area contributed by atoms with Crippen molar-refractivity contribution in [3.63, 3.8) is 0 Å². The van der Waals surface area contributed by atoms with Crippen molar-refractivity contribution in [3.8, 4) is 0 Å². The number of amides is 1. The molecule has 0 atom stereocenters. The number of nitrogens with zero attached hydrogens (tertiary/aromatic N) is 4. The average molecular weight is 317 g/mol. The van der Waals surface area contributed by atoms with E-state index in [2.05, 4.69) is 20.6 Å². The number of carbonyl (C=O) groups excluding carboxylic acids is 1. The Balaban J connectivity index is 2.25. The van der Waals surface area contributed by atoms with Gasteiger partial charge in [-0.2, -0.15) is 0 Å². The first-order valence-corrected chi connectivity index (χ1v) is 6.43. The van der Waals surface area contributed by atoms with Crippen LogP contribution in [0, 0.1) is 0 Å². The third-order valence-corrected chi connectivity index (χ3v) is 3.14. The highest BCUT2D eigenvalue weighted by Crippen LogP contribution is 2.23. The van der Waals surface area contributed by atoms with E-state index in [9.17, 15) is 18.4 Å². The van der Waals surface area contributed by atoms with Crippen LogP contribution in [0.5, 0.6) is 0 Å². The maximum Gasteiger partial charge on any atom is 0.358 e. The Morgan fingerprint density at radius 1 is 1.52 bits per heavy atom. The number of halogens is 2. The first kappa shape index (κ1) is 15.0. The molecule has 0 fully saturated rings. The number of nitrogens with one attached hydrogen (secondary N) is 1. The third kappa shape index (κ3) is 3.37. The minimum absolute atomic E-state index is 0.171. The maximum atomic E-state index is 12.9. The highest BCUT2D eigenvalue weighted by atomic mass is 32.1. The number of rotatable bonds is 5. The van der Waals surface area contributed by atoms with Crippen LogP contribution >= 0.6 is 11.3 Å². The number of alkyl halides is 2. The first-order chi connectivity index (χ1) is 9.88. The lowest BCUT2D eigenvalue weighted by atomic mass is 10.3. The van der Waals surface area contributed by atoms with Gasteiger partial charge in [0.1, 0.15) is 5.69 Å². The number of carbonyl (C=O) groups is 2. The average Bonchev–Trinajstić information content (AvgIpc) is 2.96. The van der Waals surface area contributed by atoms with Gasteiger partial charge in [-0.25, -0.2) is 23.2 Å². The summed E-state index contributed by atoms with van der Waals surface area (Å²) in [5.74, 6) is -1.88. The van der Waals surface area contributed by atoms with Crippen LogP contribution in [0.4, 0.5) is 13.9 Å². The molecule has 21 heavy (non-hydrogen) atoms. The molecule has 2 aromatic rings. The highest BCUT2D eigenvalue weighted by Gasteiger charge is 2.26. The van der Waals surface area contributed by atoms with Gasteiger partial charge in [0, 0.05) is 12.3 Å². The predicted molar refractivity (Wildman–Crippen MR) is 67.5 cm³/mol. The zero-order valence-corrected chi connectivity index (χ0v) is 11.4. The molecule has 8 nitrogen and oxygen atoms in total. The minimum atomic E-state index is -3.03. The number of carboxylic acid groups (broad SMARTS) is 1. The standard InChI is InChI=1S/C10H9F2N5O3S/c1-4(18)13-10-14-5(3-21-10)2-17-7(8(11)12)6(9(19)20)15-16-17/h3,8H,2H2,1H3,(H,19,20)(H,13,14,18). The largest absolute Gasteiger partial charge is 0.476 e. The number of aromatic nitrogens is 4. The van der Waals surface area contributed by atoms with Crippen LogP contribution in [0.2, 0.25) is 0 Å². The van der Waals surface area contributed by atoms with Gasteiger partial charge in [0.2, 0.25) is 5.91 Å². The van der Waals surface area contributed by atoms with Gasteiger partial charge in [0.05, 0.1) is 12.2 Å². The monoisotopic (exact) mass is 317 g/mol. The number of anilines is 1. The molecule has 1 amide bonds. The molecule has 0 bridgehead atoms. The predicted octanol–water partition coefficient (Wildman–Crippen LogP) is 1.38. The van der Waals surface area contributed by atoms with E-state index in [4.69, 9.17) is 5.11 Å². The van der Waals surface area contributed by atoms with Gasteiger partial charge in [0.15, 0.2) is 10.8 Å². The van der Waals surface area contributed by atoms with Crippen LogP contribution in [0.15, 0.2) is 5.38 Å². The zero-order valence-electron chi connectivity index (χ0n) is 10.6. The van der Waals surface area contributed by atoms with Crippen LogP contribution in [-0.2, 0) is 11.3 Å². The van der Waals surface area contributed by atoms with Crippen LogP contribution in [0.3, 0.4) is 0 Å². The van der Waals surface area contributed by atoms with E-state index in [0.717, 1.165) is 16.0 Å². The van der Waals surface area contributed by atoms with Crippen LogP contribution in [-0.4, -0.2) is 37.0 Å². The minimum Gasteiger partial charge on any atom is -0.476 e. The molecule has 2 N–H and O–H groups in total. The third-order valence-electron chi connectivity index (χ3n) is 2.33. The van der Waals surface area contributed by atoms with E-state index < -0.39 is 23.8 Å². The molecule has 0 saturated carbocycles. The Kier molecular flexibility index (Phi) is 4.21. The summed E-state index contributed by atoms with van der Waals surface area (Å²) in [6, 6.07) is 0. The number of aromatic carboxylic acids is 1. The number of hydrogen-bond acceptors (Lipinski definition) is 6. The van der Waals surface area contributed by atoms with Crippen molar-refractivity contribution in [1.82, 2.24) is 20.0 Å². The SMILES string of the molecule is CC(=O)Nc1nc(Cn2nnc(C(=O)O)c2C(F)F)cs1. The lowest BCUT2D eigenvalue weighted by molar-refractivity contribution is -0.114. The molecule has 0 aliphatic rings. The molecule has 0 aliphatic carbocycles. The Labute approximate surface area is 120 Å². The van der Waals surface area contributed by atoms with Gasteiger partial charge < -0.3 is 10.4 Å². The van der Waals surface area contributed by atoms with E-state index in [-0.39, 0.29) is 12.5 Å². The van der Waals surface area contributed by atoms with E-state index in [0.29, 0.717) is 10.8 Å². The van der Waals surface area contributed by atoms with Crippen molar-refractivity contribution in [1.29, 1.82) is 0 Å². The smallest absolute Gasteiger partial charge is 0.358 e. The molecular formula is C10H9F2N5O3S. The topological polar surface area (TPSA) is 110 Å². The molecule has 0 aromatic carbocycles. The molecule has 0 aliphatic heterocycles. The van der Waals surface area contributed by atoms with E-state index in [1.807, 2.05) is 0 Å². The molecule has 2 heterocycles. The summed E-state index contributed by atoms with van der Waals surface area (Å²) in [6.45, 7) is 1.14. The summed E-state index contributed by atoms with van der Waals surface area (Å²) in [4.78, 5) is 25.7. The number of hydrogen-bond donors (Lipinski definition) is 2.